The molecule has 0 aromatic carbocycles. The molecule has 0 saturated heterocycles. The molecule has 1 heterocycles. The third kappa shape index (κ3) is 3.28. The van der Waals surface area contributed by atoms with Crippen molar-refractivity contribution in [2.75, 3.05) is 0 Å². The van der Waals surface area contributed by atoms with Gasteiger partial charge in [-0.15, -0.1) is 0 Å². The number of hydrogen-bond donors (Lipinski definition) is 0. The van der Waals surface area contributed by atoms with Crippen LogP contribution in [-0.2, 0) is 0 Å². The molecule has 0 radical (unpaired) electrons. The van der Waals surface area contributed by atoms with Crippen molar-refractivity contribution >= 4 is 5.91 Å². The summed E-state index contributed by atoms with van der Waals surface area (Å²) in [4.78, 5) is 18.0. The minimum Gasteiger partial charge on any atom is -0.333 e. The van der Waals surface area contributed by atoms with Crippen molar-refractivity contribution in [1.82, 2.24) is 9.88 Å². The molecule has 0 fully saturated rings. The first-order chi connectivity index (χ1) is 8.51. The summed E-state index contributed by atoms with van der Waals surface area (Å²) in [6, 6.07) is 1.51. The molecule has 0 aliphatic rings. The monoisotopic (exact) mass is 252 g/mol. The summed E-state index contributed by atoms with van der Waals surface area (Å²) in [5, 5.41) is 0. The maximum absolute atomic E-state index is 13.1. The summed E-state index contributed by atoms with van der Waals surface area (Å²) < 4.78 is 13.1. The Kier molecular flexibility index (Phi) is 5.25. The summed E-state index contributed by atoms with van der Waals surface area (Å²) >= 11 is 0. The van der Waals surface area contributed by atoms with Crippen molar-refractivity contribution < 1.29 is 9.18 Å². The Hall–Kier alpha value is -1.45. The van der Waals surface area contributed by atoms with Crippen LogP contribution >= 0.6 is 0 Å². The molecule has 0 bridgehead atoms. The van der Waals surface area contributed by atoms with Crippen LogP contribution in [0.2, 0.25) is 0 Å². The molecule has 100 valence electrons. The van der Waals surface area contributed by atoms with Gasteiger partial charge in [0, 0.05) is 18.3 Å². The maximum atomic E-state index is 13.1. The van der Waals surface area contributed by atoms with Crippen LogP contribution < -0.4 is 0 Å². The van der Waals surface area contributed by atoms with E-state index in [0.29, 0.717) is 5.56 Å². The third-order valence-electron chi connectivity index (χ3n) is 3.32. The highest BCUT2D eigenvalue weighted by Gasteiger charge is 2.24. The van der Waals surface area contributed by atoms with Crippen molar-refractivity contribution in [3.05, 3.63) is 29.8 Å². The van der Waals surface area contributed by atoms with E-state index >= 15 is 0 Å². The highest BCUT2D eigenvalue weighted by molar-refractivity contribution is 5.94. The second-order valence-corrected chi connectivity index (χ2v) is 4.62. The van der Waals surface area contributed by atoms with E-state index in [-0.39, 0.29) is 18.0 Å². The van der Waals surface area contributed by atoms with E-state index in [0.717, 1.165) is 19.0 Å². The van der Waals surface area contributed by atoms with E-state index in [4.69, 9.17) is 0 Å². The van der Waals surface area contributed by atoms with E-state index in [2.05, 4.69) is 4.98 Å². The molecule has 0 spiro atoms. The molecule has 0 aliphatic carbocycles. The average Bonchev–Trinajstić information content (AvgIpc) is 2.38. The molecule has 0 saturated carbocycles. The van der Waals surface area contributed by atoms with Gasteiger partial charge in [0.2, 0.25) is 0 Å². The normalized spacial score (nSPS) is 14.1. The highest BCUT2D eigenvalue weighted by atomic mass is 19.1. The van der Waals surface area contributed by atoms with E-state index in [1.165, 1.54) is 12.3 Å². The van der Waals surface area contributed by atoms with Gasteiger partial charge in [0.15, 0.2) is 0 Å². The van der Waals surface area contributed by atoms with Gasteiger partial charge in [-0.3, -0.25) is 9.78 Å². The van der Waals surface area contributed by atoms with Crippen molar-refractivity contribution in [2.24, 2.45) is 0 Å². The van der Waals surface area contributed by atoms with Gasteiger partial charge in [0.1, 0.15) is 5.82 Å². The first kappa shape index (κ1) is 14.6. The molecular weight excluding hydrogens is 231 g/mol. The predicted molar refractivity (Wildman–Crippen MR) is 69.9 cm³/mol. The van der Waals surface area contributed by atoms with Gasteiger partial charge in [-0.05, 0) is 32.8 Å². The van der Waals surface area contributed by atoms with Gasteiger partial charge in [0.25, 0.3) is 5.91 Å². The quantitative estimate of drug-likeness (QED) is 0.806. The maximum Gasteiger partial charge on any atom is 0.256 e. The minimum absolute atomic E-state index is 0.135. The molecular formula is C14H21FN2O. The second-order valence-electron chi connectivity index (χ2n) is 4.62. The van der Waals surface area contributed by atoms with Crippen molar-refractivity contribution in [1.29, 1.82) is 0 Å². The molecule has 1 rings (SSSR count). The van der Waals surface area contributed by atoms with Crippen molar-refractivity contribution in [3.8, 4) is 0 Å². The van der Waals surface area contributed by atoms with Crippen LogP contribution in [0.25, 0.3) is 0 Å². The summed E-state index contributed by atoms with van der Waals surface area (Å²) in [6.07, 6.45) is 4.27. The van der Waals surface area contributed by atoms with E-state index in [9.17, 15) is 9.18 Å². The Morgan fingerprint density at radius 1 is 1.28 bits per heavy atom. The summed E-state index contributed by atoms with van der Waals surface area (Å²) in [5.41, 5.74) is 0.315. The first-order valence-corrected chi connectivity index (χ1v) is 6.44. The Balaban J connectivity index is 3.02. The zero-order valence-corrected chi connectivity index (χ0v) is 11.5. The number of carbonyl (C=O) groups is 1. The van der Waals surface area contributed by atoms with Gasteiger partial charge >= 0.3 is 0 Å². The van der Waals surface area contributed by atoms with Gasteiger partial charge in [-0.2, -0.15) is 0 Å². The fourth-order valence-corrected chi connectivity index (χ4v) is 1.91. The second kappa shape index (κ2) is 6.47. The van der Waals surface area contributed by atoms with E-state index in [1.807, 2.05) is 32.6 Å². The van der Waals surface area contributed by atoms with Crippen LogP contribution in [-0.4, -0.2) is 27.9 Å². The summed E-state index contributed by atoms with van der Waals surface area (Å²) in [7, 11) is 0. The number of hydrogen-bond acceptors (Lipinski definition) is 2. The van der Waals surface area contributed by atoms with Crippen molar-refractivity contribution in [2.45, 2.75) is 52.6 Å². The average molecular weight is 252 g/mol. The standard InChI is InChI=1S/C14H21FN2O/c1-5-10(3)17(11(4)6-2)14(18)12-7-13(15)9-16-8-12/h7-11H,5-6H2,1-4H3/t10-,11+. The van der Waals surface area contributed by atoms with Crippen molar-refractivity contribution in [3.63, 3.8) is 0 Å². The number of rotatable bonds is 5. The third-order valence-corrected chi connectivity index (χ3v) is 3.32. The SMILES string of the molecule is CC[C@@H](C)N(C(=O)c1cncc(F)c1)[C@@H](C)CC. The minimum atomic E-state index is -0.478. The lowest BCUT2D eigenvalue weighted by Gasteiger charge is -2.34. The number of aromatic nitrogens is 1. The lowest BCUT2D eigenvalue weighted by Crippen LogP contribution is -2.44. The molecule has 3 nitrogen and oxygen atoms in total. The number of carbonyl (C=O) groups excluding carboxylic acids is 1. The number of nitrogens with zero attached hydrogens (tertiary/aromatic N) is 2. The predicted octanol–water partition coefficient (Wildman–Crippen LogP) is 3.26. The molecule has 4 heteroatoms. The largest absolute Gasteiger partial charge is 0.333 e. The van der Waals surface area contributed by atoms with Gasteiger partial charge < -0.3 is 4.90 Å². The number of pyridine rings is 1. The number of halogens is 1. The fourth-order valence-electron chi connectivity index (χ4n) is 1.91. The summed E-state index contributed by atoms with van der Waals surface area (Å²) in [6.45, 7) is 8.10. The molecule has 18 heavy (non-hydrogen) atoms. The molecule has 2 atom stereocenters. The molecule has 1 aromatic heterocycles. The van der Waals surface area contributed by atoms with Crippen LogP contribution in [0.4, 0.5) is 4.39 Å². The zero-order chi connectivity index (χ0) is 13.7. The molecule has 1 amide bonds. The van der Waals surface area contributed by atoms with Gasteiger partial charge in [0.05, 0.1) is 11.8 Å². The Morgan fingerprint density at radius 2 is 1.83 bits per heavy atom. The number of amides is 1. The van der Waals surface area contributed by atoms with E-state index < -0.39 is 5.82 Å². The lowest BCUT2D eigenvalue weighted by atomic mass is 10.1. The van der Waals surface area contributed by atoms with Gasteiger partial charge in [-0.25, -0.2) is 4.39 Å². The van der Waals surface area contributed by atoms with Crippen LogP contribution in [0, 0.1) is 5.82 Å². The van der Waals surface area contributed by atoms with Crippen LogP contribution in [0.5, 0.6) is 0 Å². The van der Waals surface area contributed by atoms with Crippen LogP contribution in [0.15, 0.2) is 18.5 Å². The highest BCUT2D eigenvalue weighted by Crippen LogP contribution is 2.16. The van der Waals surface area contributed by atoms with E-state index in [1.54, 1.807) is 0 Å². The molecule has 0 aliphatic heterocycles. The van der Waals surface area contributed by atoms with Gasteiger partial charge in [-0.1, -0.05) is 13.8 Å². The smallest absolute Gasteiger partial charge is 0.256 e. The van der Waals surface area contributed by atoms with Crippen LogP contribution in [0.1, 0.15) is 50.9 Å². The summed E-state index contributed by atoms with van der Waals surface area (Å²) in [5.74, 6) is -0.625. The Bertz CT molecular complexity index is 399. The lowest BCUT2D eigenvalue weighted by molar-refractivity contribution is 0.0597. The Morgan fingerprint density at radius 3 is 2.28 bits per heavy atom. The molecule has 1 aromatic rings. The zero-order valence-electron chi connectivity index (χ0n) is 11.5. The fraction of sp³-hybridized carbons (Fsp3) is 0.571. The molecule has 0 N–H and O–H groups in total. The topological polar surface area (TPSA) is 33.2 Å². The first-order valence-electron chi connectivity index (χ1n) is 6.44. The van der Waals surface area contributed by atoms with Crippen LogP contribution in [0.3, 0.4) is 0 Å². The Labute approximate surface area is 108 Å². The molecule has 0 unspecified atom stereocenters.